The Morgan fingerprint density at radius 1 is 0.724 bits per heavy atom. The van der Waals surface area contributed by atoms with E-state index in [0.717, 1.165) is 25.7 Å². The van der Waals surface area contributed by atoms with Crippen LogP contribution in [0.1, 0.15) is 118 Å². The van der Waals surface area contributed by atoms with E-state index in [1.807, 2.05) is 27.7 Å². The highest BCUT2D eigenvalue weighted by atomic mass is 32.2. The fourth-order valence-electron chi connectivity index (χ4n) is 8.84. The first-order valence-electron chi connectivity index (χ1n) is 21.2. The average molecular weight is 852 g/mol. The van der Waals surface area contributed by atoms with Gasteiger partial charge in [0.2, 0.25) is 33.7 Å². The highest BCUT2D eigenvalue weighted by Crippen LogP contribution is 2.38. The van der Waals surface area contributed by atoms with Crippen LogP contribution in [0.25, 0.3) is 0 Å². The number of amides is 4. The molecule has 0 aromatic carbocycles. The molecule has 4 fully saturated rings. The molecule has 1 saturated carbocycles. The van der Waals surface area contributed by atoms with E-state index in [1.165, 1.54) is 4.31 Å². The van der Waals surface area contributed by atoms with Crippen molar-refractivity contribution < 1.29 is 36.0 Å². The van der Waals surface area contributed by atoms with Gasteiger partial charge < -0.3 is 21.3 Å². The molecule has 6 N–H and O–H groups in total. The van der Waals surface area contributed by atoms with Gasteiger partial charge in [0, 0.05) is 38.0 Å². The number of piperidine rings is 3. The Labute approximate surface area is 345 Å². The van der Waals surface area contributed by atoms with Crippen LogP contribution in [0.3, 0.4) is 0 Å². The van der Waals surface area contributed by atoms with Gasteiger partial charge in [0.25, 0.3) is 10.2 Å². The molecule has 3 heterocycles. The number of carbonyl (C=O) groups is 4. The van der Waals surface area contributed by atoms with Crippen molar-refractivity contribution >= 4 is 43.9 Å². The summed E-state index contributed by atoms with van der Waals surface area (Å²) in [5, 5.41) is 30.1. The molecule has 4 aliphatic rings. The van der Waals surface area contributed by atoms with E-state index in [0.29, 0.717) is 64.7 Å². The van der Waals surface area contributed by atoms with Crippen LogP contribution in [-0.2, 0) is 39.4 Å². The second-order valence-corrected chi connectivity index (χ2v) is 21.3. The molecule has 17 nitrogen and oxygen atoms in total. The minimum atomic E-state index is -3.94. The van der Waals surface area contributed by atoms with Crippen molar-refractivity contribution in [1.82, 2.24) is 35.0 Å². The molecule has 3 saturated heterocycles. The number of hydrogen-bond donors (Lipinski definition) is 6. The lowest BCUT2D eigenvalue weighted by atomic mass is 9.73. The lowest BCUT2D eigenvalue weighted by molar-refractivity contribution is -0.129. The Bertz CT molecular complexity index is 1730. The van der Waals surface area contributed by atoms with Crippen molar-refractivity contribution in [1.29, 1.82) is 10.5 Å². The third kappa shape index (κ3) is 13.9. The molecule has 58 heavy (non-hydrogen) atoms. The SMILES string of the molecule is CC(C)C[C@H](NS(=O)(=O)C1CCC(C2CNC(=O)[C@H](C[C@@H](C#N)NC(=O)[C@H](CC(C)C)NS(=O)(=O)N3CCCCC3)C2)CC1)C(=O)N[C@H](C#N)C[C@@H]1CCCNC1=O. The summed E-state index contributed by atoms with van der Waals surface area (Å²) in [5.74, 6) is -2.50. The van der Waals surface area contributed by atoms with Crippen molar-refractivity contribution in [3.05, 3.63) is 0 Å². The maximum absolute atomic E-state index is 13.7. The zero-order chi connectivity index (χ0) is 42.6. The van der Waals surface area contributed by atoms with Gasteiger partial charge in [-0.25, -0.2) is 13.1 Å². The number of nitrogens with one attached hydrogen (secondary N) is 6. The second kappa shape index (κ2) is 21.8. The predicted octanol–water partition coefficient (Wildman–Crippen LogP) is 1.69. The van der Waals surface area contributed by atoms with Crippen molar-refractivity contribution in [3.8, 4) is 12.1 Å². The molecular weight excluding hydrogens is 787 g/mol. The number of nitriles is 2. The number of rotatable bonds is 19. The van der Waals surface area contributed by atoms with Gasteiger partial charge in [0.15, 0.2) is 0 Å². The molecule has 0 aromatic rings. The van der Waals surface area contributed by atoms with Crippen LogP contribution in [0.15, 0.2) is 0 Å². The minimum Gasteiger partial charge on any atom is -0.356 e. The van der Waals surface area contributed by atoms with E-state index in [2.05, 4.69) is 42.8 Å². The summed E-state index contributed by atoms with van der Waals surface area (Å²) in [6, 6.07) is -0.00716. The standard InChI is InChI=1S/C39H65N9O8S2/c1-25(2)17-34(38(51)44-31(22-40)20-28-9-8-14-42-36(28)49)46-57(53,54)33-12-10-27(11-13-33)30-19-29(37(50)43-24-30)21-32(23-41)45-39(52)35(18-26(3)4)47-58(55,56)48-15-6-5-7-16-48/h25-35,46-47H,5-21,24H2,1-4H3,(H,42,49)(H,43,50)(H,44,51)(H,45,52)/t27?,28-,29-,30?,31-,32-,33?,34-,35-/m0/s1. The molecule has 0 spiro atoms. The van der Waals surface area contributed by atoms with E-state index in [-0.39, 0.29) is 61.2 Å². The van der Waals surface area contributed by atoms with Gasteiger partial charge in [-0.1, -0.05) is 34.1 Å². The summed E-state index contributed by atoms with van der Waals surface area (Å²) in [7, 11) is -7.86. The minimum absolute atomic E-state index is 0.0166. The first-order chi connectivity index (χ1) is 27.4. The monoisotopic (exact) mass is 851 g/mol. The van der Waals surface area contributed by atoms with Crippen molar-refractivity contribution in [2.24, 2.45) is 35.5 Å². The summed E-state index contributed by atoms with van der Waals surface area (Å²) in [6.07, 6.45) is 6.79. The lowest BCUT2D eigenvalue weighted by Gasteiger charge is -2.38. The van der Waals surface area contributed by atoms with Crippen molar-refractivity contribution in [3.63, 3.8) is 0 Å². The van der Waals surface area contributed by atoms with Gasteiger partial charge >= 0.3 is 0 Å². The number of sulfonamides is 1. The quantitative estimate of drug-likeness (QED) is 0.110. The molecule has 19 heteroatoms. The smallest absolute Gasteiger partial charge is 0.280 e. The summed E-state index contributed by atoms with van der Waals surface area (Å²) < 4.78 is 60.2. The molecule has 3 aliphatic heterocycles. The van der Waals surface area contributed by atoms with Crippen molar-refractivity contribution in [2.75, 3.05) is 26.2 Å². The van der Waals surface area contributed by atoms with Crippen LogP contribution >= 0.6 is 0 Å². The molecule has 1 unspecified atom stereocenters. The van der Waals surface area contributed by atoms with E-state index in [1.54, 1.807) is 0 Å². The fraction of sp³-hybridized carbons (Fsp3) is 0.846. The Kier molecular flexibility index (Phi) is 17.8. The topological polar surface area (TPSA) is 260 Å². The number of hydrogen-bond acceptors (Lipinski definition) is 10. The Hall–Kier alpha value is -3.36. The molecule has 0 radical (unpaired) electrons. The van der Waals surface area contributed by atoms with E-state index >= 15 is 0 Å². The highest BCUT2D eigenvalue weighted by molar-refractivity contribution is 7.90. The predicted molar refractivity (Wildman–Crippen MR) is 216 cm³/mol. The zero-order valence-electron chi connectivity index (χ0n) is 34.5. The Balaban J connectivity index is 1.31. The molecule has 326 valence electrons. The summed E-state index contributed by atoms with van der Waals surface area (Å²) in [5.41, 5.74) is 0. The number of nitrogens with zero attached hydrogens (tertiary/aromatic N) is 3. The van der Waals surface area contributed by atoms with Gasteiger partial charge in [-0.3, -0.25) is 19.2 Å². The molecule has 1 aliphatic carbocycles. The van der Waals surface area contributed by atoms with Crippen molar-refractivity contribution in [2.45, 2.75) is 147 Å². The Morgan fingerprint density at radius 2 is 1.26 bits per heavy atom. The molecular formula is C39H65N9O8S2. The normalized spacial score (nSPS) is 26.9. The summed E-state index contributed by atoms with van der Waals surface area (Å²) >= 11 is 0. The maximum Gasteiger partial charge on any atom is 0.280 e. The molecule has 0 bridgehead atoms. The van der Waals surface area contributed by atoms with Gasteiger partial charge in [-0.05, 0) is 107 Å². The highest BCUT2D eigenvalue weighted by Gasteiger charge is 2.40. The first kappa shape index (κ1) is 47.3. The summed E-state index contributed by atoms with van der Waals surface area (Å²) in [6.45, 7) is 9.25. The molecule has 0 aromatic heterocycles. The van der Waals surface area contributed by atoms with Crippen LogP contribution < -0.4 is 30.7 Å². The first-order valence-corrected chi connectivity index (χ1v) is 24.1. The van der Waals surface area contributed by atoms with E-state index in [9.17, 15) is 46.5 Å². The fourth-order valence-corrected chi connectivity index (χ4v) is 12.0. The average Bonchev–Trinajstić information content (AvgIpc) is 3.18. The van der Waals surface area contributed by atoms with Gasteiger partial charge in [0.1, 0.15) is 24.2 Å². The zero-order valence-corrected chi connectivity index (χ0v) is 36.1. The van der Waals surface area contributed by atoms with Crippen LogP contribution in [-0.4, -0.2) is 100 Å². The van der Waals surface area contributed by atoms with Crippen LogP contribution in [0.4, 0.5) is 0 Å². The molecule has 7 atom stereocenters. The van der Waals surface area contributed by atoms with Gasteiger partial charge in [0.05, 0.1) is 17.4 Å². The van der Waals surface area contributed by atoms with E-state index in [4.69, 9.17) is 0 Å². The molecule has 4 amide bonds. The van der Waals surface area contributed by atoms with Gasteiger partial charge in [-0.15, -0.1) is 0 Å². The largest absolute Gasteiger partial charge is 0.356 e. The van der Waals surface area contributed by atoms with Gasteiger partial charge in [-0.2, -0.15) is 28.0 Å². The maximum atomic E-state index is 13.7. The van der Waals surface area contributed by atoms with E-state index < -0.39 is 73.3 Å². The Morgan fingerprint density at radius 3 is 1.79 bits per heavy atom. The lowest BCUT2D eigenvalue weighted by Crippen LogP contribution is -2.54. The molecule has 4 rings (SSSR count). The third-order valence-electron chi connectivity index (χ3n) is 12.0. The van der Waals surface area contributed by atoms with Crippen LogP contribution in [0.5, 0.6) is 0 Å². The second-order valence-electron chi connectivity index (χ2n) is 17.6. The van der Waals surface area contributed by atoms with Crippen LogP contribution in [0, 0.1) is 58.2 Å². The summed E-state index contributed by atoms with van der Waals surface area (Å²) in [4.78, 5) is 52.1. The van der Waals surface area contributed by atoms with Crippen LogP contribution in [0.2, 0.25) is 0 Å². The number of carbonyl (C=O) groups excluding carboxylic acids is 4. The third-order valence-corrected chi connectivity index (χ3v) is 15.6.